The Labute approximate surface area is 99.7 Å². The second-order valence-corrected chi connectivity index (χ2v) is 5.27. The molecule has 0 fully saturated rings. The Balaban J connectivity index is 2.51. The van der Waals surface area contributed by atoms with Crippen LogP contribution >= 0.6 is 0 Å². The van der Waals surface area contributed by atoms with Gasteiger partial charge in [0.15, 0.2) is 0 Å². The molecule has 0 aliphatic heterocycles. The molecule has 90 valence electrons. The smallest absolute Gasteiger partial charge is 0.0300 e. The van der Waals surface area contributed by atoms with Crippen molar-refractivity contribution in [2.24, 2.45) is 0 Å². The fraction of sp³-hybridized carbons (Fsp3) is 0.643. The van der Waals surface area contributed by atoms with Crippen LogP contribution in [0, 0.1) is 0 Å². The van der Waals surface area contributed by atoms with E-state index in [9.17, 15) is 0 Å². The summed E-state index contributed by atoms with van der Waals surface area (Å²) in [5, 5.41) is 0. The summed E-state index contributed by atoms with van der Waals surface area (Å²) in [7, 11) is 0. The predicted octanol–water partition coefficient (Wildman–Crippen LogP) is 3.13. The fourth-order valence-corrected chi connectivity index (χ4v) is 1.86. The maximum atomic E-state index is 4.15. The van der Waals surface area contributed by atoms with Gasteiger partial charge in [-0.15, -0.1) is 0 Å². The van der Waals surface area contributed by atoms with Gasteiger partial charge in [-0.05, 0) is 51.8 Å². The third-order valence-corrected chi connectivity index (χ3v) is 2.84. The van der Waals surface area contributed by atoms with Gasteiger partial charge in [-0.25, -0.2) is 0 Å². The Morgan fingerprint density at radius 1 is 1.25 bits per heavy atom. The van der Waals surface area contributed by atoms with Crippen LogP contribution in [-0.4, -0.2) is 28.5 Å². The number of nitrogens with zero attached hydrogens (tertiary/aromatic N) is 2. The summed E-state index contributed by atoms with van der Waals surface area (Å²) in [5.41, 5.74) is 1.59. The third kappa shape index (κ3) is 4.31. The zero-order valence-electron chi connectivity index (χ0n) is 11.0. The molecule has 0 atom stereocenters. The van der Waals surface area contributed by atoms with Gasteiger partial charge in [0.25, 0.3) is 0 Å². The van der Waals surface area contributed by atoms with Crippen molar-refractivity contribution in [2.75, 3.05) is 13.1 Å². The van der Waals surface area contributed by atoms with Crippen molar-refractivity contribution < 1.29 is 0 Å². The summed E-state index contributed by atoms with van der Waals surface area (Å²) in [6.45, 7) is 11.4. The minimum Gasteiger partial charge on any atom is -0.298 e. The zero-order chi connectivity index (χ0) is 12.0. The van der Waals surface area contributed by atoms with Gasteiger partial charge in [-0.1, -0.05) is 13.0 Å². The second-order valence-electron chi connectivity index (χ2n) is 5.27. The van der Waals surface area contributed by atoms with E-state index in [0.717, 1.165) is 13.0 Å². The topological polar surface area (TPSA) is 16.1 Å². The van der Waals surface area contributed by atoms with Crippen molar-refractivity contribution in [1.29, 1.82) is 0 Å². The molecule has 1 rings (SSSR count). The van der Waals surface area contributed by atoms with Gasteiger partial charge in [-0.3, -0.25) is 9.88 Å². The Bertz CT molecular complexity index is 287. The Morgan fingerprint density at radius 2 is 2.00 bits per heavy atom. The number of hydrogen-bond acceptors (Lipinski definition) is 2. The molecule has 0 N–H and O–H groups in total. The molecule has 0 radical (unpaired) electrons. The molecule has 0 aliphatic rings. The van der Waals surface area contributed by atoms with E-state index < -0.39 is 0 Å². The molecule has 0 bridgehead atoms. The van der Waals surface area contributed by atoms with Crippen molar-refractivity contribution in [3.63, 3.8) is 0 Å². The highest BCUT2D eigenvalue weighted by Gasteiger charge is 2.19. The highest BCUT2D eigenvalue weighted by atomic mass is 15.2. The Morgan fingerprint density at radius 3 is 2.50 bits per heavy atom. The third-order valence-electron chi connectivity index (χ3n) is 2.84. The van der Waals surface area contributed by atoms with Crippen molar-refractivity contribution in [3.05, 3.63) is 30.1 Å². The van der Waals surface area contributed by atoms with E-state index in [1.54, 1.807) is 0 Å². The lowest BCUT2D eigenvalue weighted by Crippen LogP contribution is -2.43. The molecule has 1 heterocycles. The molecule has 0 spiro atoms. The largest absolute Gasteiger partial charge is 0.298 e. The first-order chi connectivity index (χ1) is 7.54. The molecule has 1 aromatic rings. The van der Waals surface area contributed by atoms with Crippen molar-refractivity contribution in [3.8, 4) is 0 Å². The summed E-state index contributed by atoms with van der Waals surface area (Å²) in [5.74, 6) is 0. The number of pyridine rings is 1. The molecule has 0 unspecified atom stereocenters. The van der Waals surface area contributed by atoms with Gasteiger partial charge in [0.2, 0.25) is 0 Å². The van der Waals surface area contributed by atoms with Crippen LogP contribution in [0.25, 0.3) is 0 Å². The van der Waals surface area contributed by atoms with Crippen LogP contribution in [-0.2, 0) is 6.42 Å². The van der Waals surface area contributed by atoms with Crippen LogP contribution in [0.1, 0.15) is 39.7 Å². The van der Waals surface area contributed by atoms with E-state index in [-0.39, 0.29) is 5.54 Å². The zero-order valence-corrected chi connectivity index (χ0v) is 11.0. The first kappa shape index (κ1) is 13.2. The summed E-state index contributed by atoms with van der Waals surface area (Å²) >= 11 is 0. The average Bonchev–Trinajstić information content (AvgIpc) is 2.24. The molecule has 0 saturated carbocycles. The van der Waals surface area contributed by atoms with E-state index in [2.05, 4.69) is 43.6 Å². The number of hydrogen-bond donors (Lipinski definition) is 0. The molecule has 2 nitrogen and oxygen atoms in total. The number of aromatic nitrogens is 1. The van der Waals surface area contributed by atoms with Crippen molar-refractivity contribution in [2.45, 2.75) is 46.1 Å². The second kappa shape index (κ2) is 6.00. The Hall–Kier alpha value is -0.890. The van der Waals surface area contributed by atoms with Crippen LogP contribution in [0.2, 0.25) is 0 Å². The molecule has 0 amide bonds. The van der Waals surface area contributed by atoms with E-state index in [1.165, 1.54) is 18.5 Å². The number of rotatable bonds is 5. The van der Waals surface area contributed by atoms with Gasteiger partial charge in [0.05, 0.1) is 0 Å². The van der Waals surface area contributed by atoms with Crippen LogP contribution in [0.5, 0.6) is 0 Å². The van der Waals surface area contributed by atoms with Gasteiger partial charge in [0.1, 0.15) is 0 Å². The van der Waals surface area contributed by atoms with Crippen LogP contribution in [0.15, 0.2) is 24.5 Å². The lowest BCUT2D eigenvalue weighted by molar-refractivity contribution is 0.138. The monoisotopic (exact) mass is 220 g/mol. The van der Waals surface area contributed by atoms with E-state index >= 15 is 0 Å². The van der Waals surface area contributed by atoms with Crippen LogP contribution in [0.4, 0.5) is 0 Å². The van der Waals surface area contributed by atoms with Gasteiger partial charge < -0.3 is 0 Å². The van der Waals surface area contributed by atoms with E-state index in [1.807, 2.05) is 18.5 Å². The quantitative estimate of drug-likeness (QED) is 0.758. The Kier molecular flexibility index (Phi) is 4.94. The van der Waals surface area contributed by atoms with E-state index in [4.69, 9.17) is 0 Å². The lowest BCUT2D eigenvalue weighted by Gasteiger charge is -2.35. The van der Waals surface area contributed by atoms with E-state index in [0.29, 0.717) is 0 Å². The molecule has 0 aliphatic carbocycles. The summed E-state index contributed by atoms with van der Waals surface area (Å²) in [6.07, 6.45) is 6.10. The summed E-state index contributed by atoms with van der Waals surface area (Å²) < 4.78 is 0. The molecule has 16 heavy (non-hydrogen) atoms. The molecule has 1 aromatic heterocycles. The van der Waals surface area contributed by atoms with Gasteiger partial charge >= 0.3 is 0 Å². The normalized spacial score (nSPS) is 12.1. The summed E-state index contributed by atoms with van der Waals surface area (Å²) in [4.78, 5) is 6.69. The highest BCUT2D eigenvalue weighted by molar-refractivity contribution is 5.08. The van der Waals surface area contributed by atoms with Gasteiger partial charge in [-0.2, -0.15) is 0 Å². The molecular formula is C14H24N2. The minimum absolute atomic E-state index is 0.262. The van der Waals surface area contributed by atoms with Crippen molar-refractivity contribution >= 4 is 0 Å². The van der Waals surface area contributed by atoms with Gasteiger partial charge in [0, 0.05) is 24.5 Å². The maximum absolute atomic E-state index is 4.15. The summed E-state index contributed by atoms with van der Waals surface area (Å²) in [6, 6.07) is 4.16. The first-order valence-electron chi connectivity index (χ1n) is 6.18. The standard InChI is InChI=1S/C14H24N2/c1-5-10-16(14(2,3)4)11-8-13-7-6-9-15-12-13/h6-7,9,12H,5,8,10-11H2,1-4H3. The van der Waals surface area contributed by atoms with Crippen LogP contribution in [0.3, 0.4) is 0 Å². The molecular weight excluding hydrogens is 196 g/mol. The maximum Gasteiger partial charge on any atom is 0.0300 e. The first-order valence-corrected chi connectivity index (χ1v) is 6.18. The minimum atomic E-state index is 0.262. The predicted molar refractivity (Wildman–Crippen MR) is 69.6 cm³/mol. The molecule has 0 saturated heterocycles. The van der Waals surface area contributed by atoms with Crippen LogP contribution < -0.4 is 0 Å². The average molecular weight is 220 g/mol. The SMILES string of the molecule is CCCN(CCc1cccnc1)C(C)(C)C. The molecule has 2 heteroatoms. The highest BCUT2D eigenvalue weighted by Crippen LogP contribution is 2.14. The molecule has 0 aromatic carbocycles. The fourth-order valence-electron chi connectivity index (χ4n) is 1.86. The lowest BCUT2D eigenvalue weighted by atomic mass is 10.0. The van der Waals surface area contributed by atoms with Crippen molar-refractivity contribution in [1.82, 2.24) is 9.88 Å².